The van der Waals surface area contributed by atoms with Crippen LogP contribution < -0.4 is 15.2 Å². The molecule has 20 heavy (non-hydrogen) atoms. The molecular weight excluding hydrogens is 276 g/mol. The molecule has 5 nitrogen and oxygen atoms in total. The van der Waals surface area contributed by atoms with Crippen molar-refractivity contribution in [3.8, 4) is 5.75 Å². The van der Waals surface area contributed by atoms with Crippen LogP contribution in [0.3, 0.4) is 0 Å². The van der Waals surface area contributed by atoms with Crippen molar-refractivity contribution in [1.29, 1.82) is 0 Å². The largest absolute Gasteiger partial charge is 0.495 e. The van der Waals surface area contributed by atoms with Crippen LogP contribution in [0.4, 0.5) is 0 Å². The van der Waals surface area contributed by atoms with Crippen molar-refractivity contribution in [3.63, 3.8) is 0 Å². The van der Waals surface area contributed by atoms with E-state index >= 15 is 0 Å². The van der Waals surface area contributed by atoms with Crippen molar-refractivity contribution in [2.45, 2.75) is 36.6 Å². The van der Waals surface area contributed by atoms with Gasteiger partial charge in [-0.1, -0.05) is 25.0 Å². The Morgan fingerprint density at radius 3 is 2.70 bits per heavy atom. The number of para-hydroxylation sites is 1. The summed E-state index contributed by atoms with van der Waals surface area (Å²) in [5.41, 5.74) is 5.75. The lowest BCUT2D eigenvalue weighted by atomic mass is 9.85. The molecule has 0 amide bonds. The maximum Gasteiger partial charge on any atom is 0.244 e. The van der Waals surface area contributed by atoms with Crippen molar-refractivity contribution in [2.75, 3.05) is 13.7 Å². The average molecular weight is 298 g/mol. The van der Waals surface area contributed by atoms with E-state index in [0.717, 1.165) is 25.7 Å². The van der Waals surface area contributed by atoms with Gasteiger partial charge in [0, 0.05) is 6.04 Å². The van der Waals surface area contributed by atoms with E-state index in [2.05, 4.69) is 4.72 Å². The fraction of sp³-hybridized carbons (Fsp3) is 0.571. The third-order valence-corrected chi connectivity index (χ3v) is 5.41. The molecule has 0 aliphatic heterocycles. The van der Waals surface area contributed by atoms with E-state index in [0.29, 0.717) is 12.3 Å². The van der Waals surface area contributed by atoms with E-state index in [4.69, 9.17) is 10.5 Å². The number of nitrogens with two attached hydrogens (primary N) is 1. The summed E-state index contributed by atoms with van der Waals surface area (Å²) in [7, 11) is -2.11. The maximum atomic E-state index is 12.5. The Labute approximate surface area is 120 Å². The highest BCUT2D eigenvalue weighted by atomic mass is 32.2. The van der Waals surface area contributed by atoms with Gasteiger partial charge in [0.05, 0.1) is 7.11 Å². The first-order valence-corrected chi connectivity index (χ1v) is 8.42. The number of hydrogen-bond acceptors (Lipinski definition) is 4. The highest BCUT2D eigenvalue weighted by Crippen LogP contribution is 2.27. The Morgan fingerprint density at radius 1 is 1.30 bits per heavy atom. The molecular formula is C14H22N2O3S. The molecule has 2 rings (SSSR count). The van der Waals surface area contributed by atoms with Gasteiger partial charge in [-0.05, 0) is 37.4 Å². The summed E-state index contributed by atoms with van der Waals surface area (Å²) < 4.78 is 32.9. The van der Waals surface area contributed by atoms with E-state index < -0.39 is 10.0 Å². The second-order valence-electron chi connectivity index (χ2n) is 5.16. The maximum absolute atomic E-state index is 12.5. The van der Waals surface area contributed by atoms with Crippen molar-refractivity contribution in [2.24, 2.45) is 11.7 Å². The quantitative estimate of drug-likeness (QED) is 0.863. The summed E-state index contributed by atoms with van der Waals surface area (Å²) in [5, 5.41) is 0. The first-order valence-electron chi connectivity index (χ1n) is 6.94. The second-order valence-corrected chi connectivity index (χ2v) is 6.84. The van der Waals surface area contributed by atoms with Crippen LogP contribution in [0.2, 0.25) is 0 Å². The summed E-state index contributed by atoms with van der Waals surface area (Å²) in [6, 6.07) is 6.57. The van der Waals surface area contributed by atoms with Crippen LogP contribution in [-0.4, -0.2) is 28.1 Å². The van der Waals surface area contributed by atoms with Crippen LogP contribution >= 0.6 is 0 Å². The predicted molar refractivity (Wildman–Crippen MR) is 78.1 cm³/mol. The zero-order valence-corrected chi connectivity index (χ0v) is 12.5. The molecule has 1 aromatic carbocycles. The third-order valence-electron chi connectivity index (χ3n) is 3.88. The fourth-order valence-electron chi connectivity index (χ4n) is 2.75. The van der Waals surface area contributed by atoms with Gasteiger partial charge in [0.2, 0.25) is 10.0 Å². The number of benzene rings is 1. The molecule has 2 atom stereocenters. The van der Waals surface area contributed by atoms with Crippen LogP contribution in [-0.2, 0) is 10.0 Å². The Kier molecular flexibility index (Phi) is 5.01. The molecule has 3 N–H and O–H groups in total. The van der Waals surface area contributed by atoms with Crippen molar-refractivity contribution >= 4 is 10.0 Å². The lowest BCUT2D eigenvalue weighted by Crippen LogP contribution is -2.44. The number of ether oxygens (including phenoxy) is 1. The molecule has 0 spiro atoms. The zero-order chi connectivity index (χ0) is 14.6. The van der Waals surface area contributed by atoms with Gasteiger partial charge in [-0.15, -0.1) is 0 Å². The molecule has 0 saturated heterocycles. The topological polar surface area (TPSA) is 81.4 Å². The number of rotatable bonds is 5. The number of methoxy groups -OCH3 is 1. The molecule has 0 unspecified atom stereocenters. The summed E-state index contributed by atoms with van der Waals surface area (Å²) >= 11 is 0. The molecule has 6 heteroatoms. The zero-order valence-electron chi connectivity index (χ0n) is 11.7. The van der Waals surface area contributed by atoms with Crippen LogP contribution in [0.5, 0.6) is 5.75 Å². The van der Waals surface area contributed by atoms with Crippen molar-refractivity contribution in [3.05, 3.63) is 24.3 Å². The SMILES string of the molecule is COc1ccccc1S(=O)(=O)N[C@H]1CCCC[C@H]1CN. The molecule has 1 aromatic rings. The Morgan fingerprint density at radius 2 is 2.00 bits per heavy atom. The number of hydrogen-bond donors (Lipinski definition) is 2. The lowest BCUT2D eigenvalue weighted by Gasteiger charge is -2.31. The molecule has 1 aliphatic rings. The van der Waals surface area contributed by atoms with E-state index in [1.165, 1.54) is 7.11 Å². The Balaban J connectivity index is 2.22. The number of sulfonamides is 1. The lowest BCUT2D eigenvalue weighted by molar-refractivity contribution is 0.295. The van der Waals surface area contributed by atoms with Crippen LogP contribution in [0.1, 0.15) is 25.7 Å². The standard InChI is InChI=1S/C14H22N2O3S/c1-19-13-8-4-5-9-14(13)20(17,18)16-12-7-3-2-6-11(12)10-15/h4-5,8-9,11-12,16H,2-3,6-7,10,15H2,1H3/t11-,12-/m0/s1. The summed E-state index contributed by atoms with van der Waals surface area (Å²) in [4.78, 5) is 0.184. The highest BCUT2D eigenvalue weighted by Gasteiger charge is 2.29. The van der Waals surface area contributed by atoms with Gasteiger partial charge in [-0.2, -0.15) is 0 Å². The van der Waals surface area contributed by atoms with Gasteiger partial charge >= 0.3 is 0 Å². The van der Waals surface area contributed by atoms with Crippen LogP contribution in [0, 0.1) is 5.92 Å². The van der Waals surface area contributed by atoms with E-state index in [1.54, 1.807) is 24.3 Å². The molecule has 1 saturated carbocycles. The van der Waals surface area contributed by atoms with Crippen molar-refractivity contribution < 1.29 is 13.2 Å². The highest BCUT2D eigenvalue weighted by molar-refractivity contribution is 7.89. The minimum Gasteiger partial charge on any atom is -0.495 e. The van der Waals surface area contributed by atoms with E-state index in [-0.39, 0.29) is 16.9 Å². The van der Waals surface area contributed by atoms with Crippen LogP contribution in [0.25, 0.3) is 0 Å². The van der Waals surface area contributed by atoms with E-state index in [1.807, 2.05) is 0 Å². The van der Waals surface area contributed by atoms with Gasteiger partial charge in [0.15, 0.2) is 0 Å². The van der Waals surface area contributed by atoms with E-state index in [9.17, 15) is 8.42 Å². The molecule has 1 fully saturated rings. The molecule has 0 heterocycles. The Bertz CT molecular complexity index is 545. The minimum atomic E-state index is -3.58. The first kappa shape index (κ1) is 15.3. The predicted octanol–water partition coefficient (Wildman–Crippen LogP) is 1.49. The minimum absolute atomic E-state index is 0.0799. The molecule has 112 valence electrons. The van der Waals surface area contributed by atoms with Gasteiger partial charge in [-0.3, -0.25) is 0 Å². The number of nitrogens with one attached hydrogen (secondary N) is 1. The molecule has 0 aromatic heterocycles. The second kappa shape index (κ2) is 6.56. The van der Waals surface area contributed by atoms with Crippen LogP contribution in [0.15, 0.2) is 29.2 Å². The smallest absolute Gasteiger partial charge is 0.244 e. The monoisotopic (exact) mass is 298 g/mol. The van der Waals surface area contributed by atoms with Crippen molar-refractivity contribution in [1.82, 2.24) is 4.72 Å². The molecule has 1 aliphatic carbocycles. The summed E-state index contributed by atoms with van der Waals surface area (Å²) in [5.74, 6) is 0.577. The van der Waals surface area contributed by atoms with Gasteiger partial charge < -0.3 is 10.5 Å². The summed E-state index contributed by atoms with van der Waals surface area (Å²) in [6.07, 6.45) is 3.98. The van der Waals surface area contributed by atoms with Gasteiger partial charge in [-0.25, -0.2) is 13.1 Å². The normalized spacial score (nSPS) is 23.5. The average Bonchev–Trinajstić information content (AvgIpc) is 2.47. The first-order chi connectivity index (χ1) is 9.58. The molecule has 0 bridgehead atoms. The van der Waals surface area contributed by atoms with Gasteiger partial charge in [0.1, 0.15) is 10.6 Å². The molecule has 0 radical (unpaired) electrons. The Hall–Kier alpha value is -1.11. The third kappa shape index (κ3) is 3.31. The fourth-order valence-corrected chi connectivity index (χ4v) is 4.26. The summed E-state index contributed by atoms with van der Waals surface area (Å²) in [6.45, 7) is 0.513. The van der Waals surface area contributed by atoms with Gasteiger partial charge in [0.25, 0.3) is 0 Å².